The largest absolute Gasteiger partial charge is 0.494 e. The zero-order valence-electron chi connectivity index (χ0n) is 18.2. The van der Waals surface area contributed by atoms with E-state index in [-0.39, 0.29) is 11.3 Å². The molecular formula is C22H28N2O6S. The smallest absolute Gasteiger partial charge is 0.306 e. The number of hydrogen-bond acceptors (Lipinski definition) is 6. The van der Waals surface area contributed by atoms with Gasteiger partial charge >= 0.3 is 5.97 Å². The van der Waals surface area contributed by atoms with Crippen molar-refractivity contribution in [3.8, 4) is 5.75 Å². The molecule has 1 N–H and O–H groups in total. The highest BCUT2D eigenvalue weighted by Gasteiger charge is 2.20. The molecule has 0 radical (unpaired) electrons. The number of aryl methyl sites for hydroxylation is 2. The van der Waals surface area contributed by atoms with E-state index in [0.29, 0.717) is 24.3 Å². The molecule has 0 saturated heterocycles. The normalized spacial score (nSPS) is 11.3. The van der Waals surface area contributed by atoms with Gasteiger partial charge in [-0.2, -0.15) is 0 Å². The average Bonchev–Trinajstić information content (AvgIpc) is 2.73. The number of amides is 1. The van der Waals surface area contributed by atoms with Gasteiger partial charge in [-0.3, -0.25) is 9.59 Å². The Morgan fingerprint density at radius 3 is 2.48 bits per heavy atom. The number of ether oxygens (including phenoxy) is 2. The summed E-state index contributed by atoms with van der Waals surface area (Å²) in [5.74, 6) is -0.347. The number of para-hydroxylation sites is 1. The van der Waals surface area contributed by atoms with Crippen molar-refractivity contribution in [1.29, 1.82) is 0 Å². The summed E-state index contributed by atoms with van der Waals surface area (Å²) in [6.45, 7) is 3.62. The summed E-state index contributed by atoms with van der Waals surface area (Å²) in [6, 6.07) is 12.0. The van der Waals surface area contributed by atoms with Crippen LogP contribution in [0.1, 0.15) is 24.5 Å². The zero-order valence-corrected chi connectivity index (χ0v) is 19.0. The second-order valence-electron chi connectivity index (χ2n) is 7.02. The van der Waals surface area contributed by atoms with Crippen LogP contribution in [0.5, 0.6) is 5.75 Å². The maximum Gasteiger partial charge on any atom is 0.306 e. The first-order valence-corrected chi connectivity index (χ1v) is 11.3. The Morgan fingerprint density at radius 1 is 1.10 bits per heavy atom. The van der Waals surface area contributed by atoms with Crippen LogP contribution in [0.15, 0.2) is 47.4 Å². The summed E-state index contributed by atoms with van der Waals surface area (Å²) >= 11 is 0. The molecule has 0 heterocycles. The molecule has 31 heavy (non-hydrogen) atoms. The third-order valence-electron chi connectivity index (χ3n) is 4.47. The number of carbonyl (C=O) groups is 2. The van der Waals surface area contributed by atoms with Crippen LogP contribution in [0.25, 0.3) is 0 Å². The Bertz CT molecular complexity index is 1030. The van der Waals surface area contributed by atoms with E-state index in [9.17, 15) is 18.0 Å². The summed E-state index contributed by atoms with van der Waals surface area (Å²) in [5, 5.41) is 2.56. The van der Waals surface area contributed by atoms with Gasteiger partial charge in [0.2, 0.25) is 10.0 Å². The Kier molecular flexibility index (Phi) is 8.58. The van der Waals surface area contributed by atoms with Crippen LogP contribution >= 0.6 is 0 Å². The van der Waals surface area contributed by atoms with Gasteiger partial charge in [-0.05, 0) is 49.6 Å². The lowest BCUT2D eigenvalue weighted by Crippen LogP contribution is -2.24. The van der Waals surface area contributed by atoms with Gasteiger partial charge in [-0.1, -0.05) is 24.3 Å². The van der Waals surface area contributed by atoms with Crippen LogP contribution in [0, 0.1) is 6.92 Å². The summed E-state index contributed by atoms with van der Waals surface area (Å²) in [4.78, 5) is 24.3. The van der Waals surface area contributed by atoms with E-state index in [0.717, 1.165) is 15.6 Å². The molecule has 0 saturated carbocycles. The molecule has 0 aromatic heterocycles. The molecule has 2 rings (SSSR count). The molecule has 0 fully saturated rings. The number of nitrogens with zero attached hydrogens (tertiary/aromatic N) is 1. The predicted molar refractivity (Wildman–Crippen MR) is 118 cm³/mol. The molecule has 0 aliphatic heterocycles. The van der Waals surface area contributed by atoms with E-state index in [1.807, 2.05) is 31.2 Å². The molecule has 0 aliphatic carbocycles. The van der Waals surface area contributed by atoms with E-state index in [1.165, 1.54) is 20.2 Å². The lowest BCUT2D eigenvalue weighted by Gasteiger charge is -2.15. The molecule has 2 aromatic rings. The number of esters is 1. The monoisotopic (exact) mass is 448 g/mol. The summed E-state index contributed by atoms with van der Waals surface area (Å²) < 4.78 is 36.5. The van der Waals surface area contributed by atoms with Crippen molar-refractivity contribution in [3.63, 3.8) is 0 Å². The Balaban J connectivity index is 1.90. The topological polar surface area (TPSA) is 102 Å². The van der Waals surface area contributed by atoms with Gasteiger partial charge in [0.25, 0.3) is 5.91 Å². The maximum absolute atomic E-state index is 12.4. The number of anilines is 1. The molecular weight excluding hydrogens is 420 g/mol. The molecule has 0 atom stereocenters. The molecule has 8 nitrogen and oxygen atoms in total. The van der Waals surface area contributed by atoms with Crippen LogP contribution in [0.4, 0.5) is 5.69 Å². The first-order chi connectivity index (χ1) is 14.6. The fourth-order valence-electron chi connectivity index (χ4n) is 2.81. The molecule has 0 aliphatic rings. The molecule has 0 bridgehead atoms. The van der Waals surface area contributed by atoms with Crippen LogP contribution in [-0.4, -0.2) is 51.9 Å². The minimum absolute atomic E-state index is 0.0975. The minimum atomic E-state index is -3.65. The number of nitrogens with one attached hydrogen (secondary N) is 1. The highest BCUT2D eigenvalue weighted by molar-refractivity contribution is 7.89. The Morgan fingerprint density at radius 2 is 1.81 bits per heavy atom. The zero-order chi connectivity index (χ0) is 23.0. The molecule has 0 unspecified atom stereocenters. The average molecular weight is 449 g/mol. The van der Waals surface area contributed by atoms with E-state index in [2.05, 4.69) is 5.32 Å². The highest BCUT2D eigenvalue weighted by atomic mass is 32.2. The van der Waals surface area contributed by atoms with Crippen LogP contribution in [0.3, 0.4) is 0 Å². The van der Waals surface area contributed by atoms with Crippen molar-refractivity contribution in [2.24, 2.45) is 0 Å². The van der Waals surface area contributed by atoms with Gasteiger partial charge in [-0.15, -0.1) is 0 Å². The van der Waals surface area contributed by atoms with Gasteiger partial charge < -0.3 is 14.8 Å². The molecule has 168 valence electrons. The van der Waals surface area contributed by atoms with Crippen LogP contribution in [-0.2, 0) is 30.8 Å². The van der Waals surface area contributed by atoms with Gasteiger partial charge in [0, 0.05) is 26.2 Å². The van der Waals surface area contributed by atoms with E-state index < -0.39 is 28.5 Å². The van der Waals surface area contributed by atoms with Gasteiger partial charge in [0.15, 0.2) is 6.61 Å². The minimum Gasteiger partial charge on any atom is -0.494 e. The lowest BCUT2D eigenvalue weighted by atomic mass is 10.1. The number of rotatable bonds is 10. The third kappa shape index (κ3) is 6.80. The van der Waals surface area contributed by atoms with Crippen molar-refractivity contribution >= 4 is 27.6 Å². The van der Waals surface area contributed by atoms with E-state index in [1.54, 1.807) is 19.1 Å². The van der Waals surface area contributed by atoms with Crippen molar-refractivity contribution in [2.75, 3.05) is 32.6 Å². The quantitative estimate of drug-likeness (QED) is 0.561. The first kappa shape index (κ1) is 24.4. The number of hydrogen-bond donors (Lipinski definition) is 1. The molecule has 0 spiro atoms. The Hall–Kier alpha value is -2.91. The number of benzene rings is 2. The predicted octanol–water partition coefficient (Wildman–Crippen LogP) is 2.76. The van der Waals surface area contributed by atoms with Gasteiger partial charge in [-0.25, -0.2) is 12.7 Å². The SMILES string of the molecule is CCOc1ccccc1CCC(=O)OCC(=O)Nc1ccc(C)c(S(=O)(=O)N(C)C)c1. The first-order valence-electron chi connectivity index (χ1n) is 9.84. The fourth-order valence-corrected chi connectivity index (χ4v) is 3.96. The second-order valence-corrected chi connectivity index (χ2v) is 9.14. The van der Waals surface area contributed by atoms with Gasteiger partial charge in [0.1, 0.15) is 5.75 Å². The van der Waals surface area contributed by atoms with E-state index in [4.69, 9.17) is 9.47 Å². The molecule has 2 aromatic carbocycles. The van der Waals surface area contributed by atoms with E-state index >= 15 is 0 Å². The van der Waals surface area contributed by atoms with Crippen molar-refractivity contribution in [1.82, 2.24) is 4.31 Å². The summed E-state index contributed by atoms with van der Waals surface area (Å²) in [7, 11) is -0.773. The maximum atomic E-state index is 12.4. The highest BCUT2D eigenvalue weighted by Crippen LogP contribution is 2.22. The van der Waals surface area contributed by atoms with Crippen molar-refractivity contribution in [3.05, 3.63) is 53.6 Å². The van der Waals surface area contributed by atoms with Gasteiger partial charge in [0.05, 0.1) is 11.5 Å². The van der Waals surface area contributed by atoms with Crippen molar-refractivity contribution in [2.45, 2.75) is 31.6 Å². The second kappa shape index (κ2) is 10.9. The summed E-state index contributed by atoms with van der Waals surface area (Å²) in [6.07, 6.45) is 0.535. The van der Waals surface area contributed by atoms with Crippen LogP contribution in [0.2, 0.25) is 0 Å². The third-order valence-corrected chi connectivity index (χ3v) is 6.42. The number of carbonyl (C=O) groups excluding carboxylic acids is 2. The number of sulfonamides is 1. The van der Waals surface area contributed by atoms with Crippen molar-refractivity contribution < 1.29 is 27.5 Å². The summed E-state index contributed by atoms with van der Waals surface area (Å²) in [5.41, 5.74) is 1.75. The lowest BCUT2D eigenvalue weighted by molar-refractivity contribution is -0.147. The Labute approximate surface area is 183 Å². The molecule has 9 heteroatoms. The molecule has 1 amide bonds. The fraction of sp³-hybridized carbons (Fsp3) is 0.364. The van der Waals surface area contributed by atoms with Crippen LogP contribution < -0.4 is 10.1 Å². The standard InChI is InChI=1S/C22H28N2O6S/c1-5-29-19-9-7-6-8-17(19)11-13-22(26)30-15-21(25)23-18-12-10-16(2)20(14-18)31(27,28)24(3)4/h6-10,12,14H,5,11,13,15H2,1-4H3,(H,23,25).